The van der Waals surface area contributed by atoms with Crippen LogP contribution in [-0.4, -0.2) is 49.4 Å². The Morgan fingerprint density at radius 3 is 2.68 bits per heavy atom. The van der Waals surface area contributed by atoms with Crippen molar-refractivity contribution in [2.45, 2.75) is 50.7 Å². The van der Waals surface area contributed by atoms with Crippen LogP contribution in [-0.2, 0) is 0 Å². The topological polar surface area (TPSA) is 79.1 Å². The smallest absolute Gasteiger partial charge is 0.227 e. The lowest BCUT2D eigenvalue weighted by molar-refractivity contribution is 0.0948. The van der Waals surface area contributed by atoms with Crippen molar-refractivity contribution in [3.05, 3.63) is 76.5 Å². The van der Waals surface area contributed by atoms with Crippen molar-refractivity contribution in [2.24, 2.45) is 0 Å². The SMILES string of the molecule is Cc1c(Nc2ncc3cc(Cl)c(C4CCN(C[C@@H](O)c5ccccc5F)CC4)cc3n2)cnn1C1CC1. The second-order valence-electron chi connectivity index (χ2n) is 10.2. The Hall–Kier alpha value is -3.07. The first-order valence-electron chi connectivity index (χ1n) is 12.9. The fourth-order valence-corrected chi connectivity index (χ4v) is 5.64. The molecule has 0 unspecified atom stereocenters. The summed E-state index contributed by atoms with van der Waals surface area (Å²) >= 11 is 6.71. The molecule has 4 aromatic rings. The molecule has 6 rings (SSSR count). The number of aliphatic hydroxyl groups is 1. The fraction of sp³-hybridized carbons (Fsp3) is 0.393. The summed E-state index contributed by atoms with van der Waals surface area (Å²) in [5, 5.41) is 20.0. The van der Waals surface area contributed by atoms with Crippen LogP contribution < -0.4 is 5.32 Å². The van der Waals surface area contributed by atoms with E-state index in [1.165, 1.54) is 18.9 Å². The van der Waals surface area contributed by atoms with Gasteiger partial charge in [-0.15, -0.1) is 0 Å². The Labute approximate surface area is 220 Å². The van der Waals surface area contributed by atoms with Gasteiger partial charge in [-0.1, -0.05) is 29.8 Å². The van der Waals surface area contributed by atoms with Gasteiger partial charge in [-0.3, -0.25) is 4.68 Å². The van der Waals surface area contributed by atoms with E-state index in [4.69, 9.17) is 16.6 Å². The van der Waals surface area contributed by atoms with Gasteiger partial charge >= 0.3 is 0 Å². The van der Waals surface area contributed by atoms with E-state index in [9.17, 15) is 9.50 Å². The zero-order valence-electron chi connectivity index (χ0n) is 20.7. The van der Waals surface area contributed by atoms with Crippen molar-refractivity contribution in [1.29, 1.82) is 0 Å². The van der Waals surface area contributed by atoms with Crippen LogP contribution in [0.3, 0.4) is 0 Å². The molecule has 2 N–H and O–H groups in total. The molecular weight excluding hydrogens is 491 g/mol. The van der Waals surface area contributed by atoms with Crippen LogP contribution in [0.4, 0.5) is 16.0 Å². The van der Waals surface area contributed by atoms with E-state index in [1.54, 1.807) is 24.4 Å². The van der Waals surface area contributed by atoms with Crippen LogP contribution in [0.5, 0.6) is 0 Å². The van der Waals surface area contributed by atoms with E-state index in [0.717, 1.165) is 58.8 Å². The number of aliphatic hydroxyl groups excluding tert-OH is 1. The van der Waals surface area contributed by atoms with Crippen LogP contribution in [0, 0.1) is 12.7 Å². The number of nitrogens with one attached hydrogen (secondary N) is 1. The van der Waals surface area contributed by atoms with Gasteiger partial charge in [0.1, 0.15) is 5.82 Å². The van der Waals surface area contributed by atoms with Crippen molar-refractivity contribution in [3.8, 4) is 0 Å². The van der Waals surface area contributed by atoms with E-state index in [0.29, 0.717) is 30.0 Å². The summed E-state index contributed by atoms with van der Waals surface area (Å²) < 4.78 is 16.1. The molecule has 2 fully saturated rings. The van der Waals surface area contributed by atoms with Gasteiger partial charge in [0.15, 0.2) is 0 Å². The molecule has 1 saturated carbocycles. The minimum atomic E-state index is -0.843. The monoisotopic (exact) mass is 520 g/mol. The number of hydrogen-bond donors (Lipinski definition) is 2. The van der Waals surface area contributed by atoms with Gasteiger partial charge in [-0.25, -0.2) is 14.4 Å². The molecule has 0 amide bonds. The van der Waals surface area contributed by atoms with Gasteiger partial charge in [0, 0.05) is 28.7 Å². The van der Waals surface area contributed by atoms with Crippen molar-refractivity contribution in [1.82, 2.24) is 24.6 Å². The molecule has 7 nitrogen and oxygen atoms in total. The van der Waals surface area contributed by atoms with Crippen LogP contribution in [0.15, 0.2) is 48.8 Å². The first-order valence-corrected chi connectivity index (χ1v) is 13.3. The van der Waals surface area contributed by atoms with Crippen molar-refractivity contribution >= 4 is 34.1 Å². The molecular formula is C28H30ClFN6O. The first-order chi connectivity index (χ1) is 18.0. The predicted octanol–water partition coefficient (Wildman–Crippen LogP) is 5.92. The van der Waals surface area contributed by atoms with E-state index in [2.05, 4.69) is 38.0 Å². The average molecular weight is 521 g/mol. The summed E-state index contributed by atoms with van der Waals surface area (Å²) in [5.74, 6) is 0.468. The highest BCUT2D eigenvalue weighted by atomic mass is 35.5. The number of aromatic nitrogens is 4. The maximum absolute atomic E-state index is 14.0. The third-order valence-electron chi connectivity index (χ3n) is 7.60. The number of likely N-dealkylation sites (tertiary alicyclic amines) is 1. The zero-order valence-corrected chi connectivity index (χ0v) is 21.5. The zero-order chi connectivity index (χ0) is 25.5. The number of β-amino-alcohol motifs (C(OH)–C–C–N with tert-alkyl or cyclic N) is 1. The van der Waals surface area contributed by atoms with Crippen LogP contribution in [0.25, 0.3) is 10.9 Å². The summed E-state index contributed by atoms with van der Waals surface area (Å²) in [6, 6.07) is 11.0. The van der Waals surface area contributed by atoms with Crippen LogP contribution in [0.2, 0.25) is 5.02 Å². The summed E-state index contributed by atoms with van der Waals surface area (Å²) in [4.78, 5) is 11.5. The molecule has 1 aliphatic heterocycles. The average Bonchev–Trinajstić information content (AvgIpc) is 3.68. The van der Waals surface area contributed by atoms with Gasteiger partial charge in [-0.05, 0) is 75.4 Å². The van der Waals surface area contributed by atoms with Gasteiger partial charge in [0.25, 0.3) is 0 Å². The van der Waals surface area contributed by atoms with E-state index < -0.39 is 6.10 Å². The molecule has 2 aromatic carbocycles. The minimum absolute atomic E-state index is 0.296. The number of piperidine rings is 1. The number of fused-ring (bicyclic) bond motifs is 1. The lowest BCUT2D eigenvalue weighted by Gasteiger charge is -2.33. The minimum Gasteiger partial charge on any atom is -0.387 e. The molecule has 2 aliphatic rings. The quantitative estimate of drug-likeness (QED) is 0.315. The molecule has 1 saturated heterocycles. The number of anilines is 2. The third kappa shape index (κ3) is 5.06. The lowest BCUT2D eigenvalue weighted by atomic mass is 9.88. The van der Waals surface area contributed by atoms with E-state index in [1.807, 2.05) is 12.3 Å². The number of halogens is 2. The molecule has 1 aliphatic carbocycles. The Balaban J connectivity index is 1.14. The first kappa shape index (κ1) is 24.3. The van der Waals surface area contributed by atoms with Gasteiger partial charge in [0.2, 0.25) is 5.95 Å². The number of hydrogen-bond acceptors (Lipinski definition) is 6. The van der Waals surface area contributed by atoms with Crippen molar-refractivity contribution in [3.63, 3.8) is 0 Å². The Bertz CT molecular complexity index is 1430. The largest absolute Gasteiger partial charge is 0.387 e. The highest BCUT2D eigenvalue weighted by molar-refractivity contribution is 6.32. The molecule has 1 atom stereocenters. The predicted molar refractivity (Wildman–Crippen MR) is 143 cm³/mol. The molecule has 3 heterocycles. The lowest BCUT2D eigenvalue weighted by Crippen LogP contribution is -2.36. The number of rotatable bonds is 7. The van der Waals surface area contributed by atoms with Crippen LogP contribution >= 0.6 is 11.6 Å². The third-order valence-corrected chi connectivity index (χ3v) is 7.93. The molecule has 192 valence electrons. The summed E-state index contributed by atoms with van der Waals surface area (Å²) in [5.41, 5.74) is 4.30. The molecule has 0 radical (unpaired) electrons. The summed E-state index contributed by atoms with van der Waals surface area (Å²) in [6.07, 6.45) is 6.98. The van der Waals surface area contributed by atoms with Crippen LogP contribution in [0.1, 0.15) is 60.6 Å². The van der Waals surface area contributed by atoms with E-state index >= 15 is 0 Å². The highest BCUT2D eigenvalue weighted by Gasteiger charge is 2.27. The number of nitrogens with zero attached hydrogens (tertiary/aromatic N) is 5. The van der Waals surface area contributed by atoms with Gasteiger partial charge < -0.3 is 15.3 Å². The Kier molecular flexibility index (Phi) is 6.56. The van der Waals surface area contributed by atoms with Gasteiger partial charge in [0.05, 0.1) is 35.2 Å². The maximum Gasteiger partial charge on any atom is 0.227 e. The molecule has 9 heteroatoms. The summed E-state index contributed by atoms with van der Waals surface area (Å²) in [6.45, 7) is 4.10. The maximum atomic E-state index is 14.0. The second kappa shape index (κ2) is 10.0. The molecule has 0 bridgehead atoms. The van der Waals surface area contributed by atoms with Crippen molar-refractivity contribution in [2.75, 3.05) is 25.0 Å². The fourth-order valence-electron chi connectivity index (χ4n) is 5.31. The Morgan fingerprint density at radius 2 is 1.92 bits per heavy atom. The molecule has 37 heavy (non-hydrogen) atoms. The Morgan fingerprint density at radius 1 is 1.14 bits per heavy atom. The standard InChI is InChI=1S/C28H30ClFN6O/c1-17-26(15-32-36(17)20-6-7-20)34-28-31-14-19-12-23(29)22(13-25(19)33-28)18-8-10-35(11-9-18)16-27(37)21-4-2-3-5-24(21)30/h2-5,12-15,18,20,27,37H,6-11,16H2,1H3,(H,31,33,34)/t27-/m1/s1. The number of benzene rings is 2. The normalized spacial score (nSPS) is 17.8. The van der Waals surface area contributed by atoms with Gasteiger partial charge in [-0.2, -0.15) is 5.10 Å². The molecule has 0 spiro atoms. The highest BCUT2D eigenvalue weighted by Crippen LogP contribution is 2.38. The van der Waals surface area contributed by atoms with Crippen molar-refractivity contribution < 1.29 is 9.50 Å². The molecule has 2 aromatic heterocycles. The second-order valence-corrected chi connectivity index (χ2v) is 10.6. The van der Waals surface area contributed by atoms with E-state index in [-0.39, 0.29) is 5.82 Å². The summed E-state index contributed by atoms with van der Waals surface area (Å²) in [7, 11) is 0.